The standard InChI is InChI=1S/C11H12Br2ClNO/c12-3-1-2-4-15-11(16)8-5-9(13)7-10(14)6-8/h5-7H,1-4H2,(H,15,16). The Kier molecular flexibility index (Phi) is 6.39. The zero-order chi connectivity index (χ0) is 12.0. The Morgan fingerprint density at radius 2 is 2.06 bits per heavy atom. The van der Waals surface area contributed by atoms with Crippen LogP contribution in [-0.4, -0.2) is 17.8 Å². The van der Waals surface area contributed by atoms with Crippen molar-refractivity contribution in [3.63, 3.8) is 0 Å². The van der Waals surface area contributed by atoms with Gasteiger partial charge in [-0.05, 0) is 31.0 Å². The molecule has 88 valence electrons. The minimum Gasteiger partial charge on any atom is -0.352 e. The van der Waals surface area contributed by atoms with Crippen LogP contribution in [-0.2, 0) is 0 Å². The Bertz CT molecular complexity index is 351. The number of carbonyl (C=O) groups excluding carboxylic acids is 1. The van der Waals surface area contributed by atoms with Crippen LogP contribution in [0.25, 0.3) is 0 Å². The highest BCUT2D eigenvalue weighted by Gasteiger charge is 2.06. The maximum atomic E-state index is 11.7. The second-order valence-corrected chi connectivity index (χ2v) is 5.46. The van der Waals surface area contributed by atoms with Crippen LogP contribution in [0.3, 0.4) is 0 Å². The van der Waals surface area contributed by atoms with Crippen LogP contribution in [0, 0.1) is 0 Å². The number of amides is 1. The van der Waals surface area contributed by atoms with Crippen molar-refractivity contribution in [1.82, 2.24) is 5.32 Å². The SMILES string of the molecule is O=C(NCCCCBr)c1cc(Cl)cc(Br)c1. The third kappa shape index (κ3) is 4.85. The van der Waals surface area contributed by atoms with Crippen molar-refractivity contribution < 1.29 is 4.79 Å². The lowest BCUT2D eigenvalue weighted by Crippen LogP contribution is -2.24. The summed E-state index contributed by atoms with van der Waals surface area (Å²) in [4.78, 5) is 11.7. The Balaban J connectivity index is 2.52. The lowest BCUT2D eigenvalue weighted by molar-refractivity contribution is 0.0953. The van der Waals surface area contributed by atoms with Gasteiger partial charge in [-0.25, -0.2) is 0 Å². The summed E-state index contributed by atoms with van der Waals surface area (Å²) in [6.45, 7) is 0.689. The monoisotopic (exact) mass is 367 g/mol. The quantitative estimate of drug-likeness (QED) is 0.617. The fraction of sp³-hybridized carbons (Fsp3) is 0.364. The van der Waals surface area contributed by atoms with Gasteiger partial charge in [0.2, 0.25) is 0 Å². The van der Waals surface area contributed by atoms with E-state index in [1.807, 2.05) is 0 Å². The maximum absolute atomic E-state index is 11.7. The molecular weight excluding hydrogens is 357 g/mol. The molecule has 2 nitrogen and oxygen atoms in total. The van der Waals surface area contributed by atoms with Crippen LogP contribution in [0.4, 0.5) is 0 Å². The van der Waals surface area contributed by atoms with E-state index in [0.717, 1.165) is 22.6 Å². The van der Waals surface area contributed by atoms with Gasteiger partial charge >= 0.3 is 0 Å². The summed E-state index contributed by atoms with van der Waals surface area (Å²) in [6.07, 6.45) is 2.03. The van der Waals surface area contributed by atoms with E-state index in [1.165, 1.54) is 0 Å². The summed E-state index contributed by atoms with van der Waals surface area (Å²) in [6, 6.07) is 5.17. The van der Waals surface area contributed by atoms with E-state index >= 15 is 0 Å². The fourth-order valence-electron chi connectivity index (χ4n) is 1.21. The number of hydrogen-bond acceptors (Lipinski definition) is 1. The first-order valence-corrected chi connectivity index (χ1v) is 7.23. The third-order valence-corrected chi connectivity index (χ3v) is 3.21. The van der Waals surface area contributed by atoms with Crippen LogP contribution in [0.2, 0.25) is 5.02 Å². The number of benzene rings is 1. The summed E-state index contributed by atoms with van der Waals surface area (Å²) >= 11 is 12.5. The van der Waals surface area contributed by atoms with Crippen LogP contribution in [0.5, 0.6) is 0 Å². The van der Waals surface area contributed by atoms with Crippen molar-refractivity contribution in [2.45, 2.75) is 12.8 Å². The molecule has 0 saturated heterocycles. The Labute approximate surface area is 117 Å². The van der Waals surface area contributed by atoms with E-state index in [1.54, 1.807) is 18.2 Å². The molecule has 0 bridgehead atoms. The fourth-order valence-corrected chi connectivity index (χ4v) is 2.47. The molecule has 0 aliphatic heterocycles. The van der Waals surface area contributed by atoms with Crippen LogP contribution < -0.4 is 5.32 Å². The molecular formula is C11H12Br2ClNO. The molecule has 0 heterocycles. The van der Waals surface area contributed by atoms with Crippen molar-refractivity contribution in [2.75, 3.05) is 11.9 Å². The molecule has 0 atom stereocenters. The van der Waals surface area contributed by atoms with Crippen molar-refractivity contribution in [1.29, 1.82) is 0 Å². The summed E-state index contributed by atoms with van der Waals surface area (Å²) < 4.78 is 0.811. The smallest absolute Gasteiger partial charge is 0.251 e. The van der Waals surface area contributed by atoms with E-state index in [9.17, 15) is 4.79 Å². The number of nitrogens with one attached hydrogen (secondary N) is 1. The van der Waals surface area contributed by atoms with Gasteiger partial charge in [0.25, 0.3) is 5.91 Å². The van der Waals surface area contributed by atoms with E-state index in [0.29, 0.717) is 17.1 Å². The van der Waals surface area contributed by atoms with Crippen LogP contribution in [0.15, 0.2) is 22.7 Å². The van der Waals surface area contributed by atoms with Gasteiger partial charge in [-0.2, -0.15) is 0 Å². The number of halogens is 3. The molecule has 1 aromatic rings. The van der Waals surface area contributed by atoms with Crippen molar-refractivity contribution >= 4 is 49.4 Å². The predicted molar refractivity (Wildman–Crippen MR) is 74.5 cm³/mol. The molecule has 0 aromatic heterocycles. The van der Waals surface area contributed by atoms with E-state index < -0.39 is 0 Å². The number of unbranched alkanes of at least 4 members (excludes halogenated alkanes) is 1. The highest BCUT2D eigenvalue weighted by Crippen LogP contribution is 2.19. The second-order valence-electron chi connectivity index (χ2n) is 3.31. The third-order valence-electron chi connectivity index (χ3n) is 1.97. The zero-order valence-corrected chi connectivity index (χ0v) is 12.5. The second kappa shape index (κ2) is 7.30. The molecule has 1 amide bonds. The van der Waals surface area contributed by atoms with Gasteiger partial charge in [-0.3, -0.25) is 4.79 Å². The molecule has 5 heteroatoms. The summed E-state index contributed by atoms with van der Waals surface area (Å²) in [5.41, 5.74) is 0.582. The van der Waals surface area contributed by atoms with Crippen molar-refractivity contribution in [3.8, 4) is 0 Å². The first-order valence-electron chi connectivity index (χ1n) is 4.93. The molecule has 0 radical (unpaired) electrons. The highest BCUT2D eigenvalue weighted by molar-refractivity contribution is 9.10. The molecule has 0 fully saturated rings. The largest absolute Gasteiger partial charge is 0.352 e. The molecule has 0 aliphatic carbocycles. The highest BCUT2D eigenvalue weighted by atomic mass is 79.9. The van der Waals surface area contributed by atoms with Crippen molar-refractivity contribution in [3.05, 3.63) is 33.3 Å². The van der Waals surface area contributed by atoms with Gasteiger partial charge in [-0.15, -0.1) is 0 Å². The molecule has 0 saturated carbocycles. The summed E-state index contributed by atoms with van der Waals surface area (Å²) in [5.74, 6) is -0.0854. The predicted octanol–water partition coefficient (Wildman–Crippen LogP) is 4.01. The number of alkyl halides is 1. The first-order chi connectivity index (χ1) is 7.63. The minimum atomic E-state index is -0.0854. The van der Waals surface area contributed by atoms with Gasteiger partial charge in [0, 0.05) is 26.9 Å². The van der Waals surface area contributed by atoms with E-state index in [4.69, 9.17) is 11.6 Å². The molecule has 1 rings (SSSR count). The Morgan fingerprint density at radius 3 is 2.69 bits per heavy atom. The molecule has 16 heavy (non-hydrogen) atoms. The average Bonchev–Trinajstić information content (AvgIpc) is 2.22. The van der Waals surface area contributed by atoms with Gasteiger partial charge in [-0.1, -0.05) is 43.5 Å². The van der Waals surface area contributed by atoms with Gasteiger partial charge in [0.05, 0.1) is 0 Å². The minimum absolute atomic E-state index is 0.0854. The summed E-state index contributed by atoms with van der Waals surface area (Å²) in [7, 11) is 0. The first kappa shape index (κ1) is 14.0. The molecule has 0 unspecified atom stereocenters. The normalized spacial score (nSPS) is 10.2. The molecule has 1 aromatic carbocycles. The van der Waals surface area contributed by atoms with Crippen LogP contribution >= 0.6 is 43.5 Å². The van der Waals surface area contributed by atoms with Gasteiger partial charge < -0.3 is 5.32 Å². The van der Waals surface area contributed by atoms with Gasteiger partial charge in [0.15, 0.2) is 0 Å². The maximum Gasteiger partial charge on any atom is 0.251 e. The van der Waals surface area contributed by atoms with Crippen LogP contribution in [0.1, 0.15) is 23.2 Å². The molecule has 1 N–H and O–H groups in total. The number of rotatable bonds is 5. The van der Waals surface area contributed by atoms with E-state index in [-0.39, 0.29) is 5.91 Å². The number of hydrogen-bond donors (Lipinski definition) is 1. The zero-order valence-electron chi connectivity index (χ0n) is 8.60. The lowest BCUT2D eigenvalue weighted by Gasteiger charge is -2.05. The number of carbonyl (C=O) groups is 1. The topological polar surface area (TPSA) is 29.1 Å². The molecule has 0 aliphatic rings. The summed E-state index contributed by atoms with van der Waals surface area (Å²) in [5, 5.41) is 4.37. The van der Waals surface area contributed by atoms with E-state index in [2.05, 4.69) is 37.2 Å². The Morgan fingerprint density at radius 1 is 1.31 bits per heavy atom. The molecule has 0 spiro atoms. The van der Waals surface area contributed by atoms with Crippen molar-refractivity contribution in [2.24, 2.45) is 0 Å². The average molecular weight is 369 g/mol. The Hall–Kier alpha value is -0.0600. The lowest BCUT2D eigenvalue weighted by atomic mass is 10.2. The van der Waals surface area contributed by atoms with Gasteiger partial charge in [0.1, 0.15) is 0 Å².